The minimum absolute atomic E-state index is 0.577. The van der Waals surface area contributed by atoms with Crippen LogP contribution in [-0.4, -0.2) is 78.3 Å². The Morgan fingerprint density at radius 1 is 0.773 bits per heavy atom. The first-order valence-corrected chi connectivity index (χ1v) is 8.60. The molecule has 0 atom stereocenters. The van der Waals surface area contributed by atoms with Crippen molar-refractivity contribution in [2.45, 2.75) is 10.3 Å². The standard InChI is InChI=1S/C10H18N8O2S2/c1-17-9(11-13-15-17)21-7-5-19-3-4-20-6-8-22-10-12-14-16-18(10)2/h3-8H2,1-2H3. The molecule has 0 amide bonds. The first-order chi connectivity index (χ1) is 10.8. The molecule has 12 heteroatoms. The van der Waals surface area contributed by atoms with Crippen molar-refractivity contribution in [1.29, 1.82) is 0 Å². The Labute approximate surface area is 136 Å². The number of rotatable bonds is 11. The summed E-state index contributed by atoms with van der Waals surface area (Å²) in [4.78, 5) is 0. The van der Waals surface area contributed by atoms with Gasteiger partial charge >= 0.3 is 0 Å². The van der Waals surface area contributed by atoms with Crippen LogP contribution in [0.1, 0.15) is 0 Å². The van der Waals surface area contributed by atoms with Crippen molar-refractivity contribution in [3.8, 4) is 0 Å². The second-order valence-electron chi connectivity index (χ2n) is 4.09. The van der Waals surface area contributed by atoms with Crippen LogP contribution >= 0.6 is 23.5 Å². The van der Waals surface area contributed by atoms with Crippen LogP contribution in [0.25, 0.3) is 0 Å². The molecule has 0 aliphatic rings. The normalized spacial score (nSPS) is 11.2. The van der Waals surface area contributed by atoms with Crippen molar-refractivity contribution in [3.05, 3.63) is 0 Å². The van der Waals surface area contributed by atoms with Crippen LogP contribution < -0.4 is 0 Å². The van der Waals surface area contributed by atoms with Crippen LogP contribution in [0.15, 0.2) is 10.3 Å². The molecule has 10 nitrogen and oxygen atoms in total. The molecule has 0 saturated carbocycles. The number of nitrogens with zero attached hydrogens (tertiary/aromatic N) is 8. The van der Waals surface area contributed by atoms with Gasteiger partial charge in [0.05, 0.1) is 26.4 Å². The van der Waals surface area contributed by atoms with Crippen molar-refractivity contribution < 1.29 is 9.47 Å². The van der Waals surface area contributed by atoms with Crippen LogP contribution in [0, 0.1) is 0 Å². The molecule has 0 aliphatic heterocycles. The highest BCUT2D eigenvalue weighted by Gasteiger charge is 2.03. The summed E-state index contributed by atoms with van der Waals surface area (Å²) in [5.74, 6) is 1.62. The quantitative estimate of drug-likeness (QED) is 0.396. The van der Waals surface area contributed by atoms with Gasteiger partial charge in [-0.2, -0.15) is 0 Å². The van der Waals surface area contributed by atoms with Gasteiger partial charge in [0.2, 0.25) is 10.3 Å². The van der Waals surface area contributed by atoms with Crippen molar-refractivity contribution in [2.24, 2.45) is 14.1 Å². The van der Waals surface area contributed by atoms with Gasteiger partial charge in [0, 0.05) is 25.6 Å². The van der Waals surface area contributed by atoms with Gasteiger partial charge in [-0.15, -0.1) is 10.2 Å². The molecule has 0 bridgehead atoms. The van der Waals surface area contributed by atoms with Crippen LogP contribution in [0.2, 0.25) is 0 Å². The van der Waals surface area contributed by atoms with Crippen LogP contribution in [0.5, 0.6) is 0 Å². The number of thioether (sulfide) groups is 2. The smallest absolute Gasteiger partial charge is 0.209 e. The number of ether oxygens (including phenoxy) is 2. The van der Waals surface area contributed by atoms with E-state index in [1.54, 1.807) is 32.9 Å². The summed E-state index contributed by atoms with van der Waals surface area (Å²) in [5.41, 5.74) is 0. The number of tetrazole rings is 2. The highest BCUT2D eigenvalue weighted by Crippen LogP contribution is 2.12. The maximum Gasteiger partial charge on any atom is 0.209 e. The van der Waals surface area contributed by atoms with E-state index < -0.39 is 0 Å². The van der Waals surface area contributed by atoms with E-state index in [1.807, 2.05) is 14.1 Å². The van der Waals surface area contributed by atoms with E-state index in [1.165, 1.54) is 0 Å². The summed E-state index contributed by atoms with van der Waals surface area (Å²) in [6, 6.07) is 0. The molecule has 0 aliphatic carbocycles. The molecule has 0 unspecified atom stereocenters. The summed E-state index contributed by atoms with van der Waals surface area (Å²) in [5, 5.41) is 24.0. The van der Waals surface area contributed by atoms with Gasteiger partial charge in [-0.05, 0) is 20.9 Å². The Kier molecular flexibility index (Phi) is 7.56. The summed E-state index contributed by atoms with van der Waals surface area (Å²) in [6.07, 6.45) is 0. The molecule has 0 aromatic carbocycles. The molecule has 0 fully saturated rings. The van der Waals surface area contributed by atoms with Crippen molar-refractivity contribution >= 4 is 23.5 Å². The summed E-state index contributed by atoms with van der Waals surface area (Å²) >= 11 is 3.12. The lowest BCUT2D eigenvalue weighted by Crippen LogP contribution is -2.08. The zero-order valence-electron chi connectivity index (χ0n) is 12.5. The number of aryl methyl sites for hydroxylation is 2. The van der Waals surface area contributed by atoms with E-state index in [4.69, 9.17) is 9.47 Å². The maximum absolute atomic E-state index is 5.48. The molecule has 2 aromatic rings. The SMILES string of the molecule is Cn1nnnc1SCCOCCOCCSc1nnnn1C. The first-order valence-electron chi connectivity index (χ1n) is 6.63. The van der Waals surface area contributed by atoms with Crippen LogP contribution in [0.4, 0.5) is 0 Å². The highest BCUT2D eigenvalue weighted by molar-refractivity contribution is 7.99. The summed E-state index contributed by atoms with van der Waals surface area (Å²) in [6.45, 7) is 2.43. The monoisotopic (exact) mass is 346 g/mol. The van der Waals surface area contributed by atoms with E-state index in [-0.39, 0.29) is 0 Å². The minimum Gasteiger partial charge on any atom is -0.378 e. The lowest BCUT2D eigenvalue weighted by atomic mass is 10.7. The fourth-order valence-corrected chi connectivity index (χ4v) is 2.80. The van der Waals surface area contributed by atoms with E-state index in [0.29, 0.717) is 26.4 Å². The van der Waals surface area contributed by atoms with Crippen molar-refractivity contribution in [1.82, 2.24) is 40.4 Å². The first kappa shape index (κ1) is 17.1. The Morgan fingerprint density at radius 3 is 1.59 bits per heavy atom. The van der Waals surface area contributed by atoms with Gasteiger partial charge in [-0.25, -0.2) is 9.36 Å². The molecule has 0 saturated heterocycles. The van der Waals surface area contributed by atoms with Gasteiger partial charge in [-0.1, -0.05) is 23.5 Å². The molecular formula is C10H18N8O2S2. The lowest BCUT2D eigenvalue weighted by Gasteiger charge is -2.05. The zero-order valence-corrected chi connectivity index (χ0v) is 14.1. The summed E-state index contributed by atoms with van der Waals surface area (Å²) in [7, 11) is 3.62. The van der Waals surface area contributed by atoms with E-state index in [9.17, 15) is 0 Å². The minimum atomic E-state index is 0.577. The predicted molar refractivity (Wildman–Crippen MR) is 80.7 cm³/mol. The Balaban J connectivity index is 1.39. The highest BCUT2D eigenvalue weighted by atomic mass is 32.2. The second-order valence-corrected chi connectivity index (χ2v) is 6.22. The predicted octanol–water partition coefficient (Wildman–Crippen LogP) is -0.349. The average molecular weight is 346 g/mol. The number of hydrogen-bond acceptors (Lipinski definition) is 10. The third kappa shape index (κ3) is 5.87. The average Bonchev–Trinajstić information content (AvgIpc) is 3.10. The molecule has 0 N–H and O–H groups in total. The molecule has 122 valence electrons. The Hall–Kier alpha value is -1.24. The van der Waals surface area contributed by atoms with Crippen molar-refractivity contribution in [2.75, 3.05) is 37.9 Å². The number of aromatic nitrogens is 8. The molecule has 2 aromatic heterocycles. The Bertz CT molecular complexity index is 500. The number of hydrogen-bond donors (Lipinski definition) is 0. The van der Waals surface area contributed by atoms with Gasteiger partial charge in [0.1, 0.15) is 0 Å². The molecule has 0 spiro atoms. The van der Waals surface area contributed by atoms with Gasteiger partial charge < -0.3 is 9.47 Å². The van der Waals surface area contributed by atoms with Crippen molar-refractivity contribution in [3.63, 3.8) is 0 Å². The lowest BCUT2D eigenvalue weighted by molar-refractivity contribution is 0.0604. The fourth-order valence-electron chi connectivity index (χ4n) is 1.39. The Morgan fingerprint density at radius 2 is 1.23 bits per heavy atom. The molecule has 2 heterocycles. The maximum atomic E-state index is 5.48. The van der Waals surface area contributed by atoms with Gasteiger partial charge in [-0.3, -0.25) is 0 Å². The summed E-state index contributed by atoms with van der Waals surface area (Å²) < 4.78 is 14.2. The molecule has 2 rings (SSSR count). The van der Waals surface area contributed by atoms with Gasteiger partial charge in [0.25, 0.3) is 0 Å². The topological polar surface area (TPSA) is 106 Å². The third-order valence-corrected chi connectivity index (χ3v) is 4.40. The van der Waals surface area contributed by atoms with E-state index in [2.05, 4.69) is 31.1 Å². The van der Waals surface area contributed by atoms with Gasteiger partial charge in [0.15, 0.2) is 0 Å². The van der Waals surface area contributed by atoms with E-state index >= 15 is 0 Å². The van der Waals surface area contributed by atoms with Crippen LogP contribution in [0.3, 0.4) is 0 Å². The second kappa shape index (κ2) is 9.71. The molecule has 0 radical (unpaired) electrons. The van der Waals surface area contributed by atoms with Crippen LogP contribution in [-0.2, 0) is 23.6 Å². The molecule has 22 heavy (non-hydrogen) atoms. The zero-order chi connectivity index (χ0) is 15.6. The van der Waals surface area contributed by atoms with E-state index in [0.717, 1.165) is 21.8 Å². The molecular weight excluding hydrogens is 328 g/mol. The third-order valence-electron chi connectivity index (χ3n) is 2.45. The fraction of sp³-hybridized carbons (Fsp3) is 0.800. The largest absolute Gasteiger partial charge is 0.378 e.